The van der Waals surface area contributed by atoms with E-state index in [1.807, 2.05) is 29.2 Å². The van der Waals surface area contributed by atoms with Crippen LogP contribution >= 0.6 is 0 Å². The lowest BCUT2D eigenvalue weighted by Gasteiger charge is -2.32. The Balaban J connectivity index is 1.40. The number of hydrogen-bond donors (Lipinski definition) is 1. The van der Waals surface area contributed by atoms with E-state index >= 15 is 0 Å². The van der Waals surface area contributed by atoms with Crippen molar-refractivity contribution in [3.8, 4) is 5.75 Å². The van der Waals surface area contributed by atoms with E-state index in [9.17, 15) is 9.59 Å². The summed E-state index contributed by atoms with van der Waals surface area (Å²) in [7, 11) is 0. The topological polar surface area (TPSA) is 71.5 Å². The van der Waals surface area contributed by atoms with Crippen LogP contribution in [0.3, 0.4) is 0 Å². The molecule has 3 rings (SSSR count). The van der Waals surface area contributed by atoms with Crippen LogP contribution in [0.25, 0.3) is 0 Å². The molecule has 1 saturated heterocycles. The molecule has 1 aliphatic heterocycles. The molecule has 27 heavy (non-hydrogen) atoms. The minimum absolute atomic E-state index is 0.00162. The molecule has 0 bridgehead atoms. The molecule has 2 heterocycles. The first kappa shape index (κ1) is 18.9. The molecule has 1 fully saturated rings. The molecular formula is C21H25N3O3. The number of rotatable bonds is 6. The zero-order chi connectivity index (χ0) is 19.1. The molecule has 6 nitrogen and oxygen atoms in total. The van der Waals surface area contributed by atoms with Gasteiger partial charge in [-0.05, 0) is 49.1 Å². The van der Waals surface area contributed by atoms with Gasteiger partial charge >= 0.3 is 0 Å². The minimum Gasteiger partial charge on any atom is -0.484 e. The number of carbonyl (C=O) groups excluding carboxylic acids is 2. The van der Waals surface area contributed by atoms with Crippen molar-refractivity contribution in [2.45, 2.75) is 32.2 Å². The smallest absolute Gasteiger partial charge is 0.258 e. The highest BCUT2D eigenvalue weighted by molar-refractivity contribution is 5.94. The predicted octanol–water partition coefficient (Wildman–Crippen LogP) is 2.44. The van der Waals surface area contributed by atoms with Crippen LogP contribution in [0.4, 0.5) is 0 Å². The molecule has 2 amide bonds. The number of piperidine rings is 1. The number of benzene rings is 1. The molecule has 1 aromatic carbocycles. The number of likely N-dealkylation sites (tertiary alicyclic amines) is 1. The monoisotopic (exact) mass is 367 g/mol. The van der Waals surface area contributed by atoms with Gasteiger partial charge in [0.05, 0.1) is 0 Å². The second-order valence-electron chi connectivity index (χ2n) is 6.66. The Bertz CT molecular complexity index is 754. The Morgan fingerprint density at radius 3 is 2.41 bits per heavy atom. The SMILES string of the molecule is CCc1ccc(OCC(=O)NC2CCN(C(=O)c3ccncc3)CC2)cc1. The number of ether oxygens (including phenoxy) is 1. The largest absolute Gasteiger partial charge is 0.484 e. The summed E-state index contributed by atoms with van der Waals surface area (Å²) in [6.45, 7) is 3.36. The molecule has 1 N–H and O–H groups in total. The summed E-state index contributed by atoms with van der Waals surface area (Å²) in [6, 6.07) is 11.3. The minimum atomic E-state index is -0.131. The summed E-state index contributed by atoms with van der Waals surface area (Å²) in [6.07, 6.45) is 5.71. The summed E-state index contributed by atoms with van der Waals surface area (Å²) >= 11 is 0. The van der Waals surface area contributed by atoms with Gasteiger partial charge in [0.15, 0.2) is 6.61 Å². The van der Waals surface area contributed by atoms with E-state index in [2.05, 4.69) is 17.2 Å². The molecule has 0 unspecified atom stereocenters. The average Bonchev–Trinajstić information content (AvgIpc) is 2.73. The van der Waals surface area contributed by atoms with Gasteiger partial charge in [0.25, 0.3) is 11.8 Å². The first-order valence-corrected chi connectivity index (χ1v) is 9.36. The van der Waals surface area contributed by atoms with Gasteiger partial charge in [-0.3, -0.25) is 14.6 Å². The van der Waals surface area contributed by atoms with Gasteiger partial charge in [0, 0.05) is 37.1 Å². The number of aryl methyl sites for hydroxylation is 1. The van der Waals surface area contributed by atoms with Crippen molar-refractivity contribution in [3.05, 3.63) is 59.9 Å². The van der Waals surface area contributed by atoms with Crippen LogP contribution < -0.4 is 10.1 Å². The zero-order valence-corrected chi connectivity index (χ0v) is 15.6. The Morgan fingerprint density at radius 2 is 1.78 bits per heavy atom. The number of aromatic nitrogens is 1. The number of amides is 2. The van der Waals surface area contributed by atoms with Gasteiger partial charge in [-0.1, -0.05) is 19.1 Å². The maximum Gasteiger partial charge on any atom is 0.258 e. The third-order valence-corrected chi connectivity index (χ3v) is 4.78. The van der Waals surface area contributed by atoms with Crippen molar-refractivity contribution >= 4 is 11.8 Å². The third-order valence-electron chi connectivity index (χ3n) is 4.78. The first-order chi connectivity index (χ1) is 13.2. The van der Waals surface area contributed by atoms with E-state index in [0.717, 1.165) is 19.3 Å². The maximum atomic E-state index is 12.4. The summed E-state index contributed by atoms with van der Waals surface area (Å²) in [5, 5.41) is 3.00. The maximum absolute atomic E-state index is 12.4. The molecule has 0 spiro atoms. The molecule has 1 aliphatic rings. The lowest BCUT2D eigenvalue weighted by Crippen LogP contribution is -2.47. The molecule has 0 radical (unpaired) electrons. The van der Waals surface area contributed by atoms with E-state index in [0.29, 0.717) is 24.4 Å². The van der Waals surface area contributed by atoms with Gasteiger partial charge in [-0.2, -0.15) is 0 Å². The fraction of sp³-hybridized carbons (Fsp3) is 0.381. The molecule has 142 valence electrons. The van der Waals surface area contributed by atoms with Crippen LogP contribution in [-0.2, 0) is 11.2 Å². The summed E-state index contributed by atoms with van der Waals surface area (Å²) in [5.74, 6) is 0.578. The van der Waals surface area contributed by atoms with Crippen LogP contribution in [0.1, 0.15) is 35.7 Å². The van der Waals surface area contributed by atoms with Gasteiger partial charge in [0.2, 0.25) is 0 Å². The first-order valence-electron chi connectivity index (χ1n) is 9.36. The zero-order valence-electron chi connectivity index (χ0n) is 15.6. The highest BCUT2D eigenvalue weighted by Gasteiger charge is 2.24. The van der Waals surface area contributed by atoms with E-state index in [4.69, 9.17) is 4.74 Å². The highest BCUT2D eigenvalue weighted by atomic mass is 16.5. The quantitative estimate of drug-likeness (QED) is 0.851. The van der Waals surface area contributed by atoms with Crippen molar-refractivity contribution in [2.24, 2.45) is 0 Å². The molecule has 1 aromatic heterocycles. The molecular weight excluding hydrogens is 342 g/mol. The molecule has 0 aliphatic carbocycles. The summed E-state index contributed by atoms with van der Waals surface area (Å²) in [5.41, 5.74) is 1.88. The third kappa shape index (κ3) is 5.29. The summed E-state index contributed by atoms with van der Waals surface area (Å²) in [4.78, 5) is 30.3. The fourth-order valence-corrected chi connectivity index (χ4v) is 3.14. The summed E-state index contributed by atoms with van der Waals surface area (Å²) < 4.78 is 5.54. The van der Waals surface area contributed by atoms with Gasteiger partial charge in [-0.25, -0.2) is 0 Å². The van der Waals surface area contributed by atoms with Crippen molar-refractivity contribution in [1.29, 1.82) is 0 Å². The Morgan fingerprint density at radius 1 is 1.11 bits per heavy atom. The lowest BCUT2D eigenvalue weighted by atomic mass is 10.0. The van der Waals surface area contributed by atoms with E-state index in [1.165, 1.54) is 5.56 Å². The van der Waals surface area contributed by atoms with Crippen molar-refractivity contribution in [2.75, 3.05) is 19.7 Å². The van der Waals surface area contributed by atoms with E-state index in [-0.39, 0.29) is 24.5 Å². The predicted molar refractivity (Wildman–Crippen MR) is 103 cm³/mol. The number of pyridine rings is 1. The second-order valence-corrected chi connectivity index (χ2v) is 6.66. The molecule has 0 saturated carbocycles. The second kappa shape index (κ2) is 9.16. The number of carbonyl (C=O) groups is 2. The Hall–Kier alpha value is -2.89. The van der Waals surface area contributed by atoms with E-state index < -0.39 is 0 Å². The van der Waals surface area contributed by atoms with E-state index in [1.54, 1.807) is 24.5 Å². The van der Waals surface area contributed by atoms with Gasteiger partial charge in [-0.15, -0.1) is 0 Å². The standard InChI is InChI=1S/C21H25N3O3/c1-2-16-3-5-19(6-4-16)27-15-20(25)23-18-9-13-24(14-10-18)21(26)17-7-11-22-12-8-17/h3-8,11-12,18H,2,9-10,13-15H2,1H3,(H,23,25). The normalized spacial score (nSPS) is 14.6. The molecule has 6 heteroatoms. The number of hydrogen-bond acceptors (Lipinski definition) is 4. The molecule has 2 aromatic rings. The van der Waals surface area contributed by atoms with Crippen LogP contribution in [-0.4, -0.2) is 47.4 Å². The van der Waals surface area contributed by atoms with Crippen molar-refractivity contribution in [1.82, 2.24) is 15.2 Å². The Labute approximate surface area is 159 Å². The van der Waals surface area contributed by atoms with Crippen LogP contribution in [0, 0.1) is 0 Å². The van der Waals surface area contributed by atoms with Crippen LogP contribution in [0.2, 0.25) is 0 Å². The highest BCUT2D eigenvalue weighted by Crippen LogP contribution is 2.15. The van der Waals surface area contributed by atoms with Crippen molar-refractivity contribution < 1.29 is 14.3 Å². The lowest BCUT2D eigenvalue weighted by molar-refractivity contribution is -0.124. The van der Waals surface area contributed by atoms with Crippen LogP contribution in [0.5, 0.6) is 5.75 Å². The fourth-order valence-electron chi connectivity index (χ4n) is 3.14. The average molecular weight is 367 g/mol. The Kier molecular flexibility index (Phi) is 6.41. The van der Waals surface area contributed by atoms with Crippen LogP contribution in [0.15, 0.2) is 48.8 Å². The number of nitrogens with zero attached hydrogens (tertiary/aromatic N) is 2. The van der Waals surface area contributed by atoms with Crippen molar-refractivity contribution in [3.63, 3.8) is 0 Å². The van der Waals surface area contributed by atoms with Gasteiger partial charge in [0.1, 0.15) is 5.75 Å². The van der Waals surface area contributed by atoms with Gasteiger partial charge < -0.3 is 15.0 Å². The molecule has 0 atom stereocenters. The number of nitrogens with one attached hydrogen (secondary N) is 1.